The SMILES string of the molecule is Cn1c(=O)c2c(ncn2CCn2cnc3c2CCCC3)n(C)c1=O. The second-order valence-electron chi connectivity index (χ2n) is 6.35. The summed E-state index contributed by atoms with van der Waals surface area (Å²) in [6, 6.07) is 0. The normalized spacial score (nSPS) is 14.2. The fourth-order valence-electron chi connectivity index (χ4n) is 3.51. The minimum Gasteiger partial charge on any atom is -0.333 e. The van der Waals surface area contributed by atoms with Crippen molar-refractivity contribution in [1.29, 1.82) is 0 Å². The molecule has 0 amide bonds. The number of nitrogens with zero attached hydrogens (tertiary/aromatic N) is 6. The Balaban J connectivity index is 1.70. The van der Waals surface area contributed by atoms with E-state index in [1.54, 1.807) is 13.4 Å². The lowest BCUT2D eigenvalue weighted by Crippen LogP contribution is -2.37. The summed E-state index contributed by atoms with van der Waals surface area (Å²) in [5, 5.41) is 0. The molecule has 0 saturated carbocycles. The van der Waals surface area contributed by atoms with E-state index in [1.807, 2.05) is 10.9 Å². The summed E-state index contributed by atoms with van der Waals surface area (Å²) in [6.07, 6.45) is 8.06. The molecule has 1 aliphatic rings. The molecule has 0 saturated heterocycles. The molecule has 8 heteroatoms. The van der Waals surface area contributed by atoms with E-state index in [9.17, 15) is 9.59 Å². The van der Waals surface area contributed by atoms with E-state index in [2.05, 4.69) is 14.5 Å². The molecule has 3 aromatic heterocycles. The highest BCUT2D eigenvalue weighted by molar-refractivity contribution is 5.69. The van der Waals surface area contributed by atoms with Crippen molar-refractivity contribution in [3.63, 3.8) is 0 Å². The molecule has 0 N–H and O–H groups in total. The van der Waals surface area contributed by atoms with Crippen LogP contribution in [-0.4, -0.2) is 28.2 Å². The predicted molar refractivity (Wildman–Crippen MR) is 89.1 cm³/mol. The average Bonchev–Trinajstić information content (AvgIpc) is 3.20. The zero-order chi connectivity index (χ0) is 16.8. The summed E-state index contributed by atoms with van der Waals surface area (Å²) in [5.41, 5.74) is 2.74. The molecule has 0 bridgehead atoms. The minimum absolute atomic E-state index is 0.307. The van der Waals surface area contributed by atoms with E-state index < -0.39 is 0 Å². The molecule has 1 aliphatic carbocycles. The highest BCUT2D eigenvalue weighted by Gasteiger charge is 2.17. The van der Waals surface area contributed by atoms with Crippen molar-refractivity contribution < 1.29 is 0 Å². The van der Waals surface area contributed by atoms with Gasteiger partial charge in [0.2, 0.25) is 0 Å². The van der Waals surface area contributed by atoms with Gasteiger partial charge in [-0.3, -0.25) is 13.9 Å². The summed E-state index contributed by atoms with van der Waals surface area (Å²) in [4.78, 5) is 33.2. The number of hydrogen-bond acceptors (Lipinski definition) is 4. The van der Waals surface area contributed by atoms with Crippen LogP contribution in [0.4, 0.5) is 0 Å². The Labute approximate surface area is 138 Å². The van der Waals surface area contributed by atoms with Gasteiger partial charge >= 0.3 is 5.69 Å². The van der Waals surface area contributed by atoms with Crippen molar-refractivity contribution in [3.05, 3.63) is 44.9 Å². The van der Waals surface area contributed by atoms with Crippen LogP contribution in [0.3, 0.4) is 0 Å². The summed E-state index contributed by atoms with van der Waals surface area (Å²) in [5.74, 6) is 0. The molecule has 3 heterocycles. The van der Waals surface area contributed by atoms with E-state index in [4.69, 9.17) is 0 Å². The monoisotopic (exact) mass is 328 g/mol. The standard InChI is InChI=1S/C16H20N6O2/c1-19-14-13(15(23)20(2)16(19)24)22(10-18-14)8-7-21-9-17-11-5-3-4-6-12(11)21/h9-10H,3-8H2,1-2H3. The fourth-order valence-corrected chi connectivity index (χ4v) is 3.51. The van der Waals surface area contributed by atoms with Gasteiger partial charge in [-0.25, -0.2) is 14.8 Å². The smallest absolute Gasteiger partial charge is 0.332 e. The van der Waals surface area contributed by atoms with Crippen molar-refractivity contribution in [2.75, 3.05) is 0 Å². The molecular formula is C16H20N6O2. The molecule has 24 heavy (non-hydrogen) atoms. The summed E-state index contributed by atoms with van der Waals surface area (Å²) < 4.78 is 6.53. The molecule has 0 radical (unpaired) electrons. The van der Waals surface area contributed by atoms with Gasteiger partial charge in [0.1, 0.15) is 0 Å². The molecule has 0 atom stereocenters. The second-order valence-corrected chi connectivity index (χ2v) is 6.35. The third-order valence-electron chi connectivity index (χ3n) is 4.91. The van der Waals surface area contributed by atoms with Crippen LogP contribution >= 0.6 is 0 Å². The molecule has 126 valence electrons. The Morgan fingerprint density at radius 3 is 2.50 bits per heavy atom. The highest BCUT2D eigenvalue weighted by atomic mass is 16.2. The first-order chi connectivity index (χ1) is 11.6. The van der Waals surface area contributed by atoms with Crippen LogP contribution in [0, 0.1) is 0 Å². The molecule has 8 nitrogen and oxygen atoms in total. The summed E-state index contributed by atoms with van der Waals surface area (Å²) >= 11 is 0. The predicted octanol–water partition coefficient (Wildman–Crippen LogP) is 0.209. The number of aryl methyl sites for hydroxylation is 4. The van der Waals surface area contributed by atoms with Gasteiger partial charge in [-0.05, 0) is 25.7 Å². The van der Waals surface area contributed by atoms with Crippen LogP contribution in [-0.2, 0) is 40.0 Å². The van der Waals surface area contributed by atoms with E-state index in [0.29, 0.717) is 17.7 Å². The van der Waals surface area contributed by atoms with Gasteiger partial charge in [-0.2, -0.15) is 0 Å². The molecule has 0 fully saturated rings. The largest absolute Gasteiger partial charge is 0.333 e. The number of hydrogen-bond donors (Lipinski definition) is 0. The topological polar surface area (TPSA) is 79.6 Å². The fraction of sp³-hybridized carbons (Fsp3) is 0.500. The maximum absolute atomic E-state index is 12.4. The van der Waals surface area contributed by atoms with Gasteiger partial charge in [0, 0.05) is 32.9 Å². The molecule has 3 aromatic rings. The van der Waals surface area contributed by atoms with Gasteiger partial charge in [0.05, 0.1) is 18.3 Å². The van der Waals surface area contributed by atoms with Crippen molar-refractivity contribution in [3.8, 4) is 0 Å². The van der Waals surface area contributed by atoms with Crippen LogP contribution in [0.15, 0.2) is 22.2 Å². The van der Waals surface area contributed by atoms with Gasteiger partial charge in [-0.1, -0.05) is 0 Å². The van der Waals surface area contributed by atoms with E-state index in [1.165, 1.54) is 35.8 Å². The Morgan fingerprint density at radius 2 is 1.67 bits per heavy atom. The molecule has 0 unspecified atom stereocenters. The zero-order valence-electron chi connectivity index (χ0n) is 13.9. The molecule has 0 aliphatic heterocycles. The lowest BCUT2D eigenvalue weighted by atomic mass is 10.0. The molecule has 4 rings (SSSR count). The van der Waals surface area contributed by atoms with E-state index in [0.717, 1.165) is 24.0 Å². The number of rotatable bonds is 3. The van der Waals surface area contributed by atoms with Crippen molar-refractivity contribution in [2.45, 2.75) is 38.8 Å². The Morgan fingerprint density at radius 1 is 0.958 bits per heavy atom. The summed E-state index contributed by atoms with van der Waals surface area (Å²) in [6.45, 7) is 1.35. The number of fused-ring (bicyclic) bond motifs is 2. The maximum atomic E-state index is 12.4. The van der Waals surface area contributed by atoms with Gasteiger partial charge in [-0.15, -0.1) is 0 Å². The lowest BCUT2D eigenvalue weighted by Gasteiger charge is -2.14. The average molecular weight is 328 g/mol. The first kappa shape index (κ1) is 14.9. The second kappa shape index (κ2) is 5.47. The molecule has 0 aromatic carbocycles. The maximum Gasteiger partial charge on any atom is 0.332 e. The molecule has 0 spiro atoms. The Kier molecular flexibility index (Phi) is 3.40. The number of imidazole rings is 2. The zero-order valence-corrected chi connectivity index (χ0v) is 13.9. The van der Waals surface area contributed by atoms with E-state index >= 15 is 0 Å². The van der Waals surface area contributed by atoms with Crippen molar-refractivity contribution in [2.24, 2.45) is 14.1 Å². The van der Waals surface area contributed by atoms with Crippen LogP contribution in [0.5, 0.6) is 0 Å². The first-order valence-corrected chi connectivity index (χ1v) is 8.21. The summed E-state index contributed by atoms with van der Waals surface area (Å²) in [7, 11) is 3.13. The van der Waals surface area contributed by atoms with Gasteiger partial charge < -0.3 is 9.13 Å². The van der Waals surface area contributed by atoms with Crippen LogP contribution in [0.1, 0.15) is 24.2 Å². The van der Waals surface area contributed by atoms with Crippen molar-refractivity contribution >= 4 is 11.2 Å². The minimum atomic E-state index is -0.360. The van der Waals surface area contributed by atoms with Crippen molar-refractivity contribution in [1.82, 2.24) is 28.2 Å². The van der Waals surface area contributed by atoms with Gasteiger partial charge in [0.15, 0.2) is 11.2 Å². The van der Waals surface area contributed by atoms with Crippen LogP contribution < -0.4 is 11.2 Å². The van der Waals surface area contributed by atoms with E-state index in [-0.39, 0.29) is 11.2 Å². The Hall–Kier alpha value is -2.64. The third-order valence-corrected chi connectivity index (χ3v) is 4.91. The van der Waals surface area contributed by atoms with Crippen LogP contribution in [0.25, 0.3) is 11.2 Å². The van der Waals surface area contributed by atoms with Crippen LogP contribution in [0.2, 0.25) is 0 Å². The lowest BCUT2D eigenvalue weighted by molar-refractivity contribution is 0.550. The number of aromatic nitrogens is 6. The highest BCUT2D eigenvalue weighted by Crippen LogP contribution is 2.20. The molecular weight excluding hydrogens is 308 g/mol. The third kappa shape index (κ3) is 2.13. The Bertz CT molecular complexity index is 1040. The van der Waals surface area contributed by atoms with Gasteiger partial charge in [0.25, 0.3) is 5.56 Å². The first-order valence-electron chi connectivity index (χ1n) is 8.21. The quantitative estimate of drug-likeness (QED) is 0.688.